The molecule has 0 radical (unpaired) electrons. The number of amides is 1. The number of aryl methyl sites for hydroxylation is 1. The number of alkyl halides is 2. The van der Waals surface area contributed by atoms with Crippen LogP contribution in [0.15, 0.2) is 24.3 Å². The average molecular weight is 612 g/mol. The van der Waals surface area contributed by atoms with Gasteiger partial charge in [-0.05, 0) is 87.3 Å². The first-order chi connectivity index (χ1) is 19.8. The molecule has 7 nitrogen and oxygen atoms in total. The lowest BCUT2D eigenvalue weighted by molar-refractivity contribution is -0.571. The minimum atomic E-state index is -0.743. The van der Waals surface area contributed by atoms with Gasteiger partial charge in [0.2, 0.25) is 11.7 Å². The van der Waals surface area contributed by atoms with Gasteiger partial charge in [-0.2, -0.15) is 0 Å². The zero-order chi connectivity index (χ0) is 29.0. The standard InChI is InChI=1S/C32H48Cl2N2O5/c1-22-9-14-27-23(2)28(38-30-32(27)26(22)15-16-31(3,39-30)40-41-32)7-5-19-35-29(37)8-4-6-24-10-12-25(13-11-24)36(20-17-33)21-18-34/h10-13,22-23,26-28,30H,4-9,14-21H2,1-3H3,(H,35,37)/t22-,23-,26?,27+,28-,30-,31?,32?/m1/s1. The number of benzene rings is 1. The van der Waals surface area contributed by atoms with Crippen molar-refractivity contribution in [1.29, 1.82) is 0 Å². The van der Waals surface area contributed by atoms with Crippen LogP contribution in [-0.4, -0.2) is 61.1 Å². The number of carbonyl (C=O) groups excluding carboxylic acids is 1. The van der Waals surface area contributed by atoms with Gasteiger partial charge in [0.25, 0.3) is 0 Å². The summed E-state index contributed by atoms with van der Waals surface area (Å²) in [7, 11) is 0. The number of anilines is 1. The molecule has 4 heterocycles. The largest absolute Gasteiger partial charge is 0.369 e. The third kappa shape index (κ3) is 6.71. The van der Waals surface area contributed by atoms with E-state index in [4.69, 9.17) is 42.5 Å². The highest BCUT2D eigenvalue weighted by Crippen LogP contribution is 2.60. The summed E-state index contributed by atoms with van der Waals surface area (Å²) in [6.45, 7) is 8.82. The van der Waals surface area contributed by atoms with E-state index in [9.17, 15) is 4.79 Å². The first kappa shape index (κ1) is 31.3. The minimum absolute atomic E-state index is 0.0842. The van der Waals surface area contributed by atoms with E-state index in [1.54, 1.807) is 0 Å². The van der Waals surface area contributed by atoms with Crippen molar-refractivity contribution >= 4 is 34.8 Å². The van der Waals surface area contributed by atoms with Gasteiger partial charge in [-0.1, -0.05) is 26.0 Å². The Morgan fingerprint density at radius 1 is 1.02 bits per heavy atom. The van der Waals surface area contributed by atoms with Crippen LogP contribution >= 0.6 is 23.2 Å². The topological polar surface area (TPSA) is 69.3 Å². The van der Waals surface area contributed by atoms with Gasteiger partial charge in [-0.25, -0.2) is 9.78 Å². The van der Waals surface area contributed by atoms with Crippen molar-refractivity contribution in [3.8, 4) is 0 Å². The van der Waals surface area contributed by atoms with Gasteiger partial charge in [0, 0.05) is 55.8 Å². The highest BCUT2D eigenvalue weighted by atomic mass is 35.5. The van der Waals surface area contributed by atoms with Crippen molar-refractivity contribution in [3.05, 3.63) is 29.8 Å². The molecule has 4 saturated heterocycles. The normalized spacial score (nSPS) is 35.9. The van der Waals surface area contributed by atoms with Crippen molar-refractivity contribution in [2.24, 2.45) is 23.7 Å². The summed E-state index contributed by atoms with van der Waals surface area (Å²) in [6, 6.07) is 8.50. The molecular weight excluding hydrogens is 563 g/mol. The quantitative estimate of drug-likeness (QED) is 0.157. The van der Waals surface area contributed by atoms with E-state index in [0.717, 1.165) is 63.7 Å². The molecule has 1 aromatic rings. The Morgan fingerprint density at radius 3 is 2.51 bits per heavy atom. The second-order valence-electron chi connectivity index (χ2n) is 12.8. The van der Waals surface area contributed by atoms with Crippen molar-refractivity contribution in [3.63, 3.8) is 0 Å². The molecule has 0 aromatic heterocycles. The molecule has 230 valence electrons. The molecule has 3 unspecified atom stereocenters. The zero-order valence-corrected chi connectivity index (χ0v) is 26.4. The van der Waals surface area contributed by atoms with Gasteiger partial charge in [0.05, 0.1) is 6.10 Å². The first-order valence-corrected chi connectivity index (χ1v) is 16.8. The summed E-state index contributed by atoms with van der Waals surface area (Å²) in [5, 5.41) is 3.12. The number of rotatable bonds is 13. The Kier molecular flexibility index (Phi) is 10.5. The van der Waals surface area contributed by atoms with Crippen LogP contribution in [-0.2, 0) is 30.5 Å². The molecule has 9 heteroatoms. The lowest BCUT2D eigenvalue weighted by Gasteiger charge is -2.60. The van der Waals surface area contributed by atoms with Crippen LogP contribution in [0.3, 0.4) is 0 Å². The van der Waals surface area contributed by atoms with E-state index in [-0.39, 0.29) is 12.0 Å². The van der Waals surface area contributed by atoms with E-state index in [2.05, 4.69) is 48.3 Å². The molecule has 1 aliphatic carbocycles. The summed E-state index contributed by atoms with van der Waals surface area (Å²) < 4.78 is 13.1. The molecule has 1 saturated carbocycles. The number of hydrogen-bond donors (Lipinski definition) is 1. The number of fused-ring (bicyclic) bond motifs is 2. The van der Waals surface area contributed by atoms with E-state index >= 15 is 0 Å². The number of ether oxygens (including phenoxy) is 2. The zero-order valence-electron chi connectivity index (χ0n) is 24.9. The average Bonchev–Trinajstić information content (AvgIpc) is 3.19. The third-order valence-corrected chi connectivity index (χ3v) is 10.5. The van der Waals surface area contributed by atoms with Gasteiger partial charge in [-0.3, -0.25) is 4.79 Å². The van der Waals surface area contributed by atoms with Crippen LogP contribution in [0.5, 0.6) is 0 Å². The van der Waals surface area contributed by atoms with Crippen LogP contribution < -0.4 is 10.2 Å². The number of nitrogens with one attached hydrogen (secondary N) is 1. The van der Waals surface area contributed by atoms with E-state index in [1.807, 2.05) is 6.92 Å². The van der Waals surface area contributed by atoms with Crippen molar-refractivity contribution in [1.82, 2.24) is 5.32 Å². The van der Waals surface area contributed by atoms with Crippen molar-refractivity contribution < 1.29 is 24.0 Å². The molecule has 4 aliphatic heterocycles. The van der Waals surface area contributed by atoms with E-state index < -0.39 is 17.7 Å². The third-order valence-electron chi connectivity index (χ3n) is 10.2. The molecule has 2 bridgehead atoms. The molecule has 1 N–H and O–H groups in total. The van der Waals surface area contributed by atoms with Crippen LogP contribution in [0.25, 0.3) is 0 Å². The first-order valence-electron chi connectivity index (χ1n) is 15.7. The monoisotopic (exact) mass is 610 g/mol. The molecule has 41 heavy (non-hydrogen) atoms. The smallest absolute Gasteiger partial charge is 0.220 e. The fraction of sp³-hybridized carbons (Fsp3) is 0.781. The molecule has 5 aliphatic rings. The highest BCUT2D eigenvalue weighted by Gasteiger charge is 2.69. The van der Waals surface area contributed by atoms with Gasteiger partial charge >= 0.3 is 0 Å². The Morgan fingerprint density at radius 2 is 1.78 bits per heavy atom. The number of hydrogen-bond acceptors (Lipinski definition) is 6. The maximum absolute atomic E-state index is 12.5. The van der Waals surface area contributed by atoms with Gasteiger partial charge in [0.15, 0.2) is 11.9 Å². The Labute approximate surface area is 255 Å². The maximum Gasteiger partial charge on any atom is 0.220 e. The Bertz CT molecular complexity index is 1010. The fourth-order valence-corrected chi connectivity index (χ4v) is 8.24. The lowest BCUT2D eigenvalue weighted by atomic mass is 9.57. The predicted molar refractivity (Wildman–Crippen MR) is 162 cm³/mol. The number of halogens is 2. The fourth-order valence-electron chi connectivity index (χ4n) is 7.83. The van der Waals surface area contributed by atoms with Gasteiger partial charge in [-0.15, -0.1) is 23.2 Å². The SMILES string of the molecule is C[C@H]1[C@@H](CCCNC(=O)CCCc2ccc(N(CCCl)CCCl)cc2)O[C@@H]2OC3(C)CCC4[C@H](C)CC[C@@H]1C42OO3. The summed E-state index contributed by atoms with van der Waals surface area (Å²) in [5.41, 5.74) is 1.85. The number of nitrogens with zero attached hydrogens (tertiary/aromatic N) is 1. The molecule has 8 atom stereocenters. The molecule has 1 spiro atoms. The van der Waals surface area contributed by atoms with Crippen molar-refractivity contribution in [2.45, 2.75) is 102 Å². The van der Waals surface area contributed by atoms with Crippen LogP contribution in [0.4, 0.5) is 5.69 Å². The second kappa shape index (κ2) is 13.7. The molecular formula is C32H48Cl2N2O5. The van der Waals surface area contributed by atoms with Crippen LogP contribution in [0, 0.1) is 23.7 Å². The molecule has 1 aromatic carbocycles. The van der Waals surface area contributed by atoms with Crippen LogP contribution in [0.1, 0.15) is 77.7 Å². The molecule has 5 fully saturated rings. The highest BCUT2D eigenvalue weighted by molar-refractivity contribution is 6.18. The van der Waals surface area contributed by atoms with Crippen LogP contribution in [0.2, 0.25) is 0 Å². The Balaban J connectivity index is 1.05. The van der Waals surface area contributed by atoms with E-state index in [1.165, 1.54) is 12.0 Å². The summed E-state index contributed by atoms with van der Waals surface area (Å²) in [5.74, 6) is 2.15. The van der Waals surface area contributed by atoms with Gasteiger partial charge in [0.1, 0.15) is 0 Å². The van der Waals surface area contributed by atoms with Gasteiger partial charge < -0.3 is 19.7 Å². The van der Waals surface area contributed by atoms with E-state index in [0.29, 0.717) is 48.4 Å². The minimum Gasteiger partial charge on any atom is -0.369 e. The van der Waals surface area contributed by atoms with Crippen molar-refractivity contribution in [2.75, 3.05) is 36.3 Å². The summed E-state index contributed by atoms with van der Waals surface area (Å²) >= 11 is 11.9. The number of carbonyl (C=O) groups is 1. The maximum atomic E-state index is 12.5. The molecule has 1 amide bonds. The Hall–Kier alpha value is -1.09. The second-order valence-corrected chi connectivity index (χ2v) is 13.6. The summed E-state index contributed by atoms with van der Waals surface area (Å²) in [4.78, 5) is 26.9. The predicted octanol–water partition coefficient (Wildman–Crippen LogP) is 6.44. The summed E-state index contributed by atoms with van der Waals surface area (Å²) in [6.07, 6.45) is 7.88. The molecule has 6 rings (SSSR count). The lowest BCUT2D eigenvalue weighted by Crippen LogP contribution is -2.70.